The quantitative estimate of drug-likeness (QED) is 0.899. The Labute approximate surface area is 135 Å². The number of hydrogen-bond donors (Lipinski definition) is 1. The second kappa shape index (κ2) is 5.25. The minimum atomic E-state index is -3.87. The molecule has 23 heavy (non-hydrogen) atoms. The van der Waals surface area contributed by atoms with E-state index in [1.54, 1.807) is 25.3 Å². The molecule has 1 fully saturated rings. The van der Waals surface area contributed by atoms with Gasteiger partial charge in [-0.15, -0.1) is 0 Å². The Kier molecular flexibility index (Phi) is 3.74. The van der Waals surface area contributed by atoms with Crippen LogP contribution in [0.5, 0.6) is 0 Å². The maximum atomic E-state index is 12.8. The minimum absolute atomic E-state index is 0.000990. The minimum Gasteiger partial charge on any atom is -0.255 e. The standard InChI is InChI=1S/C15H18N2O4S2/c1-11-8-12-4-3-5-13(14(12)16-9-11)23(20,21)17-15(2)6-7-22(18,19)10-15/h3-5,8-9,17H,6-7,10H2,1-2H3/t15-/m1/s1. The van der Waals surface area contributed by atoms with E-state index in [1.807, 2.05) is 13.0 Å². The zero-order chi connectivity index (χ0) is 16.9. The van der Waals surface area contributed by atoms with E-state index in [9.17, 15) is 16.8 Å². The van der Waals surface area contributed by atoms with Crippen molar-refractivity contribution in [3.63, 3.8) is 0 Å². The summed E-state index contributed by atoms with van der Waals surface area (Å²) in [7, 11) is -7.07. The van der Waals surface area contributed by atoms with E-state index < -0.39 is 25.4 Å². The van der Waals surface area contributed by atoms with E-state index in [0.29, 0.717) is 5.52 Å². The van der Waals surface area contributed by atoms with Gasteiger partial charge in [-0.2, -0.15) is 0 Å². The van der Waals surface area contributed by atoms with Crippen molar-refractivity contribution in [2.45, 2.75) is 30.7 Å². The lowest BCUT2D eigenvalue weighted by Gasteiger charge is -2.23. The largest absolute Gasteiger partial charge is 0.255 e. The van der Waals surface area contributed by atoms with Crippen LogP contribution in [0.3, 0.4) is 0 Å². The monoisotopic (exact) mass is 354 g/mol. The molecule has 1 aliphatic rings. The van der Waals surface area contributed by atoms with Crippen LogP contribution < -0.4 is 4.72 Å². The summed E-state index contributed by atoms with van der Waals surface area (Å²) in [5.74, 6) is -0.185. The van der Waals surface area contributed by atoms with Crippen LogP contribution in [-0.2, 0) is 19.9 Å². The first-order chi connectivity index (χ1) is 10.6. The van der Waals surface area contributed by atoms with Gasteiger partial charge in [0.25, 0.3) is 0 Å². The molecule has 0 unspecified atom stereocenters. The molecule has 1 N–H and O–H groups in total. The second-order valence-corrected chi connectivity index (χ2v) is 10.2. The Balaban J connectivity index is 2.04. The predicted octanol–water partition coefficient (Wildman–Crippen LogP) is 1.40. The van der Waals surface area contributed by atoms with Gasteiger partial charge >= 0.3 is 0 Å². The SMILES string of the molecule is Cc1cnc2c(S(=O)(=O)N[C@]3(C)CCS(=O)(=O)C3)cccc2c1. The number of pyridine rings is 1. The first-order valence-electron chi connectivity index (χ1n) is 7.20. The fraction of sp³-hybridized carbons (Fsp3) is 0.400. The maximum absolute atomic E-state index is 12.8. The number of rotatable bonds is 3. The van der Waals surface area contributed by atoms with Crippen molar-refractivity contribution >= 4 is 30.8 Å². The lowest BCUT2D eigenvalue weighted by Crippen LogP contribution is -2.46. The summed E-state index contributed by atoms with van der Waals surface area (Å²) in [6.07, 6.45) is 1.88. The molecule has 1 saturated heterocycles. The molecule has 1 atom stereocenters. The van der Waals surface area contributed by atoms with Crippen molar-refractivity contribution in [3.8, 4) is 0 Å². The third kappa shape index (κ3) is 3.24. The number of benzene rings is 1. The molecular weight excluding hydrogens is 336 g/mol. The van der Waals surface area contributed by atoms with Crippen LogP contribution in [0.15, 0.2) is 35.4 Å². The Morgan fingerprint density at radius 1 is 1.30 bits per heavy atom. The summed E-state index contributed by atoms with van der Waals surface area (Å²) >= 11 is 0. The van der Waals surface area contributed by atoms with Gasteiger partial charge in [-0.05, 0) is 38.0 Å². The van der Waals surface area contributed by atoms with Crippen LogP contribution in [0.25, 0.3) is 10.9 Å². The Morgan fingerprint density at radius 2 is 2.04 bits per heavy atom. The summed E-state index contributed by atoms with van der Waals surface area (Å²) in [5, 5.41) is 0.733. The van der Waals surface area contributed by atoms with Crippen LogP contribution in [0, 0.1) is 6.92 Å². The number of hydrogen-bond acceptors (Lipinski definition) is 5. The summed E-state index contributed by atoms with van der Waals surface area (Å²) < 4.78 is 51.4. The van der Waals surface area contributed by atoms with Gasteiger partial charge in [0.1, 0.15) is 4.90 Å². The third-order valence-corrected chi connectivity index (χ3v) is 7.56. The van der Waals surface area contributed by atoms with E-state index in [0.717, 1.165) is 10.9 Å². The van der Waals surface area contributed by atoms with Crippen molar-refractivity contribution in [3.05, 3.63) is 36.0 Å². The number of nitrogens with one attached hydrogen (secondary N) is 1. The molecule has 2 aromatic rings. The number of sulfone groups is 1. The summed E-state index contributed by atoms with van der Waals surface area (Å²) in [6, 6.07) is 6.81. The van der Waals surface area contributed by atoms with Gasteiger partial charge in [-0.3, -0.25) is 4.98 Å². The molecule has 0 saturated carbocycles. The fourth-order valence-electron chi connectivity index (χ4n) is 2.93. The normalized spacial score (nSPS) is 24.1. The number of sulfonamides is 1. The average Bonchev–Trinajstić information content (AvgIpc) is 2.70. The lowest BCUT2D eigenvalue weighted by atomic mass is 10.0. The van der Waals surface area contributed by atoms with Crippen LogP contribution in [0.1, 0.15) is 18.9 Å². The fourth-order valence-corrected chi connectivity index (χ4v) is 6.73. The lowest BCUT2D eigenvalue weighted by molar-refractivity contribution is 0.462. The molecule has 0 radical (unpaired) electrons. The average molecular weight is 354 g/mol. The summed E-state index contributed by atoms with van der Waals surface area (Å²) in [5.41, 5.74) is 0.341. The highest BCUT2D eigenvalue weighted by Crippen LogP contribution is 2.27. The predicted molar refractivity (Wildman–Crippen MR) is 88.5 cm³/mol. The van der Waals surface area contributed by atoms with Crippen molar-refractivity contribution in [2.75, 3.05) is 11.5 Å². The van der Waals surface area contributed by atoms with Crippen LogP contribution >= 0.6 is 0 Å². The Hall–Kier alpha value is -1.51. The van der Waals surface area contributed by atoms with E-state index in [-0.39, 0.29) is 22.8 Å². The van der Waals surface area contributed by atoms with Crippen molar-refractivity contribution in [1.82, 2.24) is 9.71 Å². The number of fused-ring (bicyclic) bond motifs is 1. The first-order valence-corrected chi connectivity index (χ1v) is 10.5. The van der Waals surface area contributed by atoms with Gasteiger partial charge in [-0.1, -0.05) is 12.1 Å². The van der Waals surface area contributed by atoms with E-state index in [2.05, 4.69) is 9.71 Å². The molecule has 1 aromatic heterocycles. The van der Waals surface area contributed by atoms with Gasteiger partial charge in [-0.25, -0.2) is 21.6 Å². The number of para-hydroxylation sites is 1. The Bertz CT molecular complexity index is 984. The van der Waals surface area contributed by atoms with Crippen molar-refractivity contribution in [1.29, 1.82) is 0 Å². The van der Waals surface area contributed by atoms with Crippen LogP contribution in [-0.4, -0.2) is 38.9 Å². The molecule has 0 bridgehead atoms. The highest BCUT2D eigenvalue weighted by Gasteiger charge is 2.41. The van der Waals surface area contributed by atoms with E-state index in [4.69, 9.17) is 0 Å². The summed E-state index contributed by atoms with van der Waals surface area (Å²) in [4.78, 5) is 4.31. The van der Waals surface area contributed by atoms with Crippen molar-refractivity contribution < 1.29 is 16.8 Å². The molecule has 0 spiro atoms. The third-order valence-electron chi connectivity index (χ3n) is 3.98. The van der Waals surface area contributed by atoms with Gasteiger partial charge in [0.2, 0.25) is 10.0 Å². The molecule has 6 nitrogen and oxygen atoms in total. The zero-order valence-corrected chi connectivity index (χ0v) is 14.5. The van der Waals surface area contributed by atoms with E-state index >= 15 is 0 Å². The number of aryl methyl sites for hydroxylation is 1. The molecule has 8 heteroatoms. The molecule has 1 aliphatic heterocycles. The molecule has 2 heterocycles. The van der Waals surface area contributed by atoms with Crippen LogP contribution in [0.4, 0.5) is 0 Å². The van der Waals surface area contributed by atoms with Crippen LogP contribution in [0.2, 0.25) is 0 Å². The highest BCUT2D eigenvalue weighted by molar-refractivity contribution is 7.92. The topological polar surface area (TPSA) is 93.2 Å². The molecular formula is C15H18N2O4S2. The Morgan fingerprint density at radius 3 is 2.70 bits per heavy atom. The molecule has 0 aliphatic carbocycles. The first kappa shape index (κ1) is 16.4. The van der Waals surface area contributed by atoms with Gasteiger partial charge in [0.05, 0.1) is 17.0 Å². The smallest absolute Gasteiger partial charge is 0.243 e. The zero-order valence-electron chi connectivity index (χ0n) is 12.9. The second-order valence-electron chi connectivity index (χ2n) is 6.35. The van der Waals surface area contributed by atoms with Crippen molar-refractivity contribution in [2.24, 2.45) is 0 Å². The molecule has 0 amide bonds. The molecule has 3 rings (SSSR count). The highest BCUT2D eigenvalue weighted by atomic mass is 32.2. The van der Waals surface area contributed by atoms with Gasteiger partial charge in [0, 0.05) is 17.1 Å². The number of nitrogens with zero attached hydrogens (tertiary/aromatic N) is 1. The van der Waals surface area contributed by atoms with Gasteiger partial charge in [0.15, 0.2) is 9.84 Å². The van der Waals surface area contributed by atoms with E-state index in [1.165, 1.54) is 6.07 Å². The van der Waals surface area contributed by atoms with Gasteiger partial charge < -0.3 is 0 Å². The number of aromatic nitrogens is 1. The summed E-state index contributed by atoms with van der Waals surface area (Å²) in [6.45, 7) is 3.51. The molecule has 124 valence electrons. The maximum Gasteiger partial charge on any atom is 0.243 e. The molecule has 1 aromatic carbocycles.